The van der Waals surface area contributed by atoms with Crippen molar-refractivity contribution in [3.05, 3.63) is 47.3 Å². The molecule has 0 amide bonds. The summed E-state index contributed by atoms with van der Waals surface area (Å²) in [6.45, 7) is 7.31. The van der Waals surface area contributed by atoms with Crippen molar-refractivity contribution in [2.75, 3.05) is 19.1 Å². The number of alkyl halides is 2. The Morgan fingerprint density at radius 1 is 1.38 bits per heavy atom. The Hall–Kier alpha value is -1.43. The Bertz CT molecular complexity index is 630. The van der Waals surface area contributed by atoms with E-state index in [0.29, 0.717) is 34.6 Å². The third-order valence-corrected chi connectivity index (χ3v) is 5.04. The van der Waals surface area contributed by atoms with E-state index in [1.54, 1.807) is 32.2 Å². The fourth-order valence-corrected chi connectivity index (χ4v) is 3.31. The average Bonchev–Trinajstić information content (AvgIpc) is 2.60. The van der Waals surface area contributed by atoms with Gasteiger partial charge in [-0.2, -0.15) is 16.9 Å². The molecule has 0 aromatic heterocycles. The Balaban J connectivity index is 3.03. The molecule has 0 aliphatic heterocycles. The summed E-state index contributed by atoms with van der Waals surface area (Å²) in [4.78, 5) is 0. The molecule has 6 heteroatoms. The van der Waals surface area contributed by atoms with Crippen molar-refractivity contribution in [3.63, 3.8) is 0 Å². The molecule has 1 N–H and O–H groups in total. The molecule has 0 fully saturated rings. The highest BCUT2D eigenvalue weighted by Crippen LogP contribution is 2.29. The smallest absolute Gasteiger partial charge is 0.249 e. The zero-order valence-corrected chi connectivity index (χ0v) is 16.9. The van der Waals surface area contributed by atoms with Gasteiger partial charge in [-0.15, -0.1) is 6.58 Å². The SMILES string of the molecule is C=CCC(C)/C(=N\NC)c1ccc(CCC(F)(F)CCSC)c(C)c1F. The molecule has 0 radical (unpaired) electrons. The second-order valence-corrected chi connectivity index (χ2v) is 7.44. The number of benzene rings is 1. The second-order valence-electron chi connectivity index (χ2n) is 6.46. The van der Waals surface area contributed by atoms with Crippen LogP contribution in [0.5, 0.6) is 0 Å². The van der Waals surface area contributed by atoms with E-state index in [1.165, 1.54) is 11.8 Å². The molecule has 2 nitrogen and oxygen atoms in total. The van der Waals surface area contributed by atoms with E-state index in [-0.39, 0.29) is 31.0 Å². The summed E-state index contributed by atoms with van der Waals surface area (Å²) in [6.07, 6.45) is 3.99. The number of nitrogens with one attached hydrogen (secondary N) is 1. The molecule has 0 heterocycles. The van der Waals surface area contributed by atoms with Gasteiger partial charge in [0.25, 0.3) is 0 Å². The molecular weight excluding hydrogens is 357 g/mol. The number of hydrazone groups is 1. The Labute approximate surface area is 159 Å². The van der Waals surface area contributed by atoms with E-state index in [1.807, 2.05) is 13.2 Å². The number of hydrogen-bond donors (Lipinski definition) is 1. The van der Waals surface area contributed by atoms with E-state index in [2.05, 4.69) is 17.1 Å². The monoisotopic (exact) mass is 386 g/mol. The average molecular weight is 387 g/mol. The highest BCUT2D eigenvalue weighted by Gasteiger charge is 2.28. The first-order chi connectivity index (χ1) is 12.3. The molecule has 1 rings (SSSR count). The van der Waals surface area contributed by atoms with Gasteiger partial charge in [0.15, 0.2) is 0 Å². The first-order valence-electron chi connectivity index (χ1n) is 8.77. The molecule has 1 atom stereocenters. The largest absolute Gasteiger partial charge is 0.313 e. The van der Waals surface area contributed by atoms with Crippen molar-refractivity contribution >= 4 is 17.5 Å². The van der Waals surface area contributed by atoms with Crippen LogP contribution in [0.4, 0.5) is 13.2 Å². The summed E-state index contributed by atoms with van der Waals surface area (Å²) in [5.41, 5.74) is 4.76. The molecule has 1 aromatic rings. The van der Waals surface area contributed by atoms with Gasteiger partial charge in [-0.05, 0) is 49.0 Å². The zero-order valence-electron chi connectivity index (χ0n) is 16.0. The van der Waals surface area contributed by atoms with Crippen molar-refractivity contribution < 1.29 is 13.2 Å². The maximum Gasteiger partial charge on any atom is 0.249 e. The van der Waals surface area contributed by atoms with Crippen molar-refractivity contribution in [2.45, 2.75) is 45.5 Å². The lowest BCUT2D eigenvalue weighted by molar-refractivity contribution is -0.00981. The quantitative estimate of drug-likeness (QED) is 0.304. The highest BCUT2D eigenvalue weighted by atomic mass is 32.2. The fraction of sp³-hybridized carbons (Fsp3) is 0.550. The van der Waals surface area contributed by atoms with Gasteiger partial charge >= 0.3 is 0 Å². The van der Waals surface area contributed by atoms with Gasteiger partial charge in [0.2, 0.25) is 5.92 Å². The van der Waals surface area contributed by atoms with E-state index in [0.717, 1.165) is 0 Å². The molecule has 0 spiro atoms. The fourth-order valence-electron chi connectivity index (χ4n) is 2.81. The Morgan fingerprint density at radius 2 is 2.08 bits per heavy atom. The number of halogens is 3. The predicted molar refractivity (Wildman–Crippen MR) is 107 cm³/mol. The summed E-state index contributed by atoms with van der Waals surface area (Å²) in [6, 6.07) is 3.39. The molecule has 0 saturated heterocycles. The zero-order chi connectivity index (χ0) is 19.7. The topological polar surface area (TPSA) is 24.4 Å². The van der Waals surface area contributed by atoms with Crippen LogP contribution in [0.2, 0.25) is 0 Å². The number of allylic oxidation sites excluding steroid dienone is 1. The van der Waals surface area contributed by atoms with Gasteiger partial charge in [0.1, 0.15) is 5.82 Å². The van der Waals surface area contributed by atoms with E-state index < -0.39 is 5.92 Å². The normalized spacial score (nSPS) is 13.6. The van der Waals surface area contributed by atoms with Gasteiger partial charge in [-0.1, -0.05) is 19.1 Å². The van der Waals surface area contributed by atoms with Crippen LogP contribution in [0.15, 0.2) is 29.9 Å². The maximum absolute atomic E-state index is 14.9. The number of nitrogens with zero attached hydrogens (tertiary/aromatic N) is 1. The number of rotatable bonds is 11. The Kier molecular flexibility index (Phi) is 9.27. The minimum absolute atomic E-state index is 0.00410. The van der Waals surface area contributed by atoms with Crippen LogP contribution < -0.4 is 5.43 Å². The van der Waals surface area contributed by atoms with E-state index in [9.17, 15) is 13.2 Å². The minimum atomic E-state index is -2.72. The maximum atomic E-state index is 14.9. The molecular formula is C20H29F3N2S. The van der Waals surface area contributed by atoms with Crippen LogP contribution in [-0.4, -0.2) is 30.7 Å². The van der Waals surface area contributed by atoms with Crippen LogP contribution in [0.1, 0.15) is 42.9 Å². The summed E-state index contributed by atoms with van der Waals surface area (Å²) >= 11 is 1.41. The first kappa shape index (κ1) is 22.6. The summed E-state index contributed by atoms with van der Waals surface area (Å²) in [5, 5.41) is 4.22. The number of aryl methyl sites for hydroxylation is 1. The second kappa shape index (κ2) is 10.7. The van der Waals surface area contributed by atoms with Gasteiger partial charge in [-0.3, -0.25) is 0 Å². The third kappa shape index (κ3) is 6.38. The van der Waals surface area contributed by atoms with Gasteiger partial charge in [0, 0.05) is 31.4 Å². The molecule has 0 saturated carbocycles. The third-order valence-electron chi connectivity index (χ3n) is 4.43. The lowest BCUT2D eigenvalue weighted by Gasteiger charge is -2.19. The van der Waals surface area contributed by atoms with E-state index >= 15 is 0 Å². The van der Waals surface area contributed by atoms with E-state index in [4.69, 9.17) is 0 Å². The predicted octanol–water partition coefficient (Wildman–Crippen LogP) is 5.59. The molecule has 1 unspecified atom stereocenters. The van der Waals surface area contributed by atoms with Crippen LogP contribution in [0, 0.1) is 18.7 Å². The molecule has 0 aliphatic carbocycles. The number of hydrogen-bond acceptors (Lipinski definition) is 3. The first-order valence-corrected chi connectivity index (χ1v) is 10.2. The molecule has 1 aromatic carbocycles. The Morgan fingerprint density at radius 3 is 2.65 bits per heavy atom. The van der Waals surface area contributed by atoms with Crippen molar-refractivity contribution in [1.29, 1.82) is 0 Å². The number of thioether (sulfide) groups is 1. The van der Waals surface area contributed by atoms with Gasteiger partial charge in [0.05, 0.1) is 5.71 Å². The van der Waals surface area contributed by atoms with Crippen LogP contribution in [-0.2, 0) is 6.42 Å². The van der Waals surface area contributed by atoms with Crippen molar-refractivity contribution in [2.24, 2.45) is 11.0 Å². The van der Waals surface area contributed by atoms with Crippen LogP contribution in [0.3, 0.4) is 0 Å². The van der Waals surface area contributed by atoms with Crippen LogP contribution >= 0.6 is 11.8 Å². The van der Waals surface area contributed by atoms with Crippen LogP contribution in [0.25, 0.3) is 0 Å². The van der Waals surface area contributed by atoms with Gasteiger partial charge in [-0.25, -0.2) is 13.2 Å². The molecule has 26 heavy (non-hydrogen) atoms. The van der Waals surface area contributed by atoms with Crippen molar-refractivity contribution in [1.82, 2.24) is 5.43 Å². The van der Waals surface area contributed by atoms with Crippen molar-refractivity contribution in [3.8, 4) is 0 Å². The molecule has 0 aliphatic rings. The lowest BCUT2D eigenvalue weighted by Crippen LogP contribution is -2.20. The summed E-state index contributed by atoms with van der Waals surface area (Å²) < 4.78 is 42.7. The molecule has 146 valence electrons. The lowest BCUT2D eigenvalue weighted by atomic mass is 9.91. The molecule has 0 bridgehead atoms. The summed E-state index contributed by atoms with van der Waals surface area (Å²) in [5.74, 6) is -2.69. The minimum Gasteiger partial charge on any atom is -0.313 e. The standard InChI is InChI=1S/C20H29F3N2S/c1-6-7-14(2)19(25-24-4)17-9-8-16(15(3)18(17)21)10-11-20(22,23)12-13-26-5/h6,8-9,14,24H,1,7,10-13H2,2-5H3/b25-19+. The highest BCUT2D eigenvalue weighted by molar-refractivity contribution is 7.98. The summed E-state index contributed by atoms with van der Waals surface area (Å²) in [7, 11) is 1.66. The van der Waals surface area contributed by atoms with Gasteiger partial charge < -0.3 is 5.43 Å².